The highest BCUT2D eigenvalue weighted by Gasteiger charge is 2.46. The lowest BCUT2D eigenvalue weighted by Crippen LogP contribution is -2.53. The first-order valence-corrected chi connectivity index (χ1v) is 7.43. The van der Waals surface area contributed by atoms with Gasteiger partial charge in [0, 0.05) is 12.5 Å². The van der Waals surface area contributed by atoms with Crippen LogP contribution in [0.5, 0.6) is 5.75 Å². The molecule has 2 heterocycles. The van der Waals surface area contributed by atoms with E-state index in [0.29, 0.717) is 6.04 Å². The summed E-state index contributed by atoms with van der Waals surface area (Å²) >= 11 is 0. The van der Waals surface area contributed by atoms with Crippen molar-refractivity contribution in [2.24, 2.45) is 0 Å². The highest BCUT2D eigenvalue weighted by atomic mass is 16.5. The van der Waals surface area contributed by atoms with Crippen LogP contribution in [-0.2, 0) is 4.79 Å². The molecular formula is C17H22NO2. The van der Waals surface area contributed by atoms with E-state index in [1.165, 1.54) is 16.7 Å². The summed E-state index contributed by atoms with van der Waals surface area (Å²) in [6, 6.07) is 4.61. The lowest BCUT2D eigenvalue weighted by atomic mass is 9.90. The largest absolute Gasteiger partial charge is 0.490 e. The van der Waals surface area contributed by atoms with Crippen molar-refractivity contribution in [3.8, 4) is 5.75 Å². The summed E-state index contributed by atoms with van der Waals surface area (Å²) < 4.78 is 6.16. The van der Waals surface area contributed by atoms with Crippen LogP contribution in [0.15, 0.2) is 12.1 Å². The van der Waals surface area contributed by atoms with E-state index in [1.54, 1.807) is 0 Å². The second kappa shape index (κ2) is 4.88. The quantitative estimate of drug-likeness (QED) is 0.919. The molecule has 2 bridgehead atoms. The third kappa shape index (κ3) is 2.35. The zero-order valence-electron chi connectivity index (χ0n) is 12.5. The van der Waals surface area contributed by atoms with Crippen molar-refractivity contribution in [1.29, 1.82) is 0 Å². The summed E-state index contributed by atoms with van der Waals surface area (Å²) in [4.78, 5) is 11.2. The van der Waals surface area contributed by atoms with Gasteiger partial charge < -0.3 is 10.1 Å². The Morgan fingerprint density at radius 2 is 2.00 bits per heavy atom. The van der Waals surface area contributed by atoms with Gasteiger partial charge in [-0.05, 0) is 68.9 Å². The normalized spacial score (nSPS) is 32.1. The summed E-state index contributed by atoms with van der Waals surface area (Å²) in [5, 5.41) is 3.40. The topological polar surface area (TPSA) is 38.3 Å². The lowest BCUT2D eigenvalue weighted by molar-refractivity contribution is 0.122. The average Bonchev–Trinajstić information content (AvgIpc) is 2.72. The van der Waals surface area contributed by atoms with E-state index in [-0.39, 0.29) is 6.10 Å². The van der Waals surface area contributed by atoms with Crippen molar-refractivity contribution in [3.05, 3.63) is 28.8 Å². The molecule has 1 radical (unpaired) electrons. The maximum Gasteiger partial charge on any atom is 0.220 e. The molecule has 2 saturated heterocycles. The van der Waals surface area contributed by atoms with Crippen LogP contribution in [0.25, 0.3) is 0 Å². The molecule has 3 rings (SSSR count). The minimum atomic E-state index is -0.456. The predicted molar refractivity (Wildman–Crippen MR) is 78.9 cm³/mol. The van der Waals surface area contributed by atoms with E-state index in [2.05, 4.69) is 44.5 Å². The Morgan fingerprint density at radius 3 is 2.65 bits per heavy atom. The van der Waals surface area contributed by atoms with Gasteiger partial charge in [0.2, 0.25) is 6.29 Å². The van der Waals surface area contributed by atoms with Gasteiger partial charge in [-0.1, -0.05) is 0 Å². The Bertz CT molecular complexity index is 517. The van der Waals surface area contributed by atoms with E-state index >= 15 is 0 Å². The smallest absolute Gasteiger partial charge is 0.220 e. The fraction of sp³-hybridized carbons (Fsp3) is 0.588. The highest BCUT2D eigenvalue weighted by molar-refractivity contribution is 5.66. The van der Waals surface area contributed by atoms with Crippen LogP contribution in [-0.4, -0.2) is 24.0 Å². The molecule has 1 N–H and O–H groups in total. The molecule has 2 aliphatic rings. The lowest BCUT2D eigenvalue weighted by Gasteiger charge is -2.34. The van der Waals surface area contributed by atoms with E-state index in [4.69, 9.17) is 4.74 Å². The van der Waals surface area contributed by atoms with Crippen molar-refractivity contribution < 1.29 is 9.53 Å². The van der Waals surface area contributed by atoms with Gasteiger partial charge in [-0.2, -0.15) is 0 Å². The zero-order valence-corrected chi connectivity index (χ0v) is 12.5. The van der Waals surface area contributed by atoms with Crippen molar-refractivity contribution >= 4 is 6.29 Å². The number of ether oxygens (including phenoxy) is 1. The molecule has 0 saturated carbocycles. The van der Waals surface area contributed by atoms with Crippen LogP contribution in [0.2, 0.25) is 0 Å². The Hall–Kier alpha value is -1.35. The molecule has 3 heteroatoms. The van der Waals surface area contributed by atoms with E-state index in [9.17, 15) is 4.79 Å². The summed E-state index contributed by atoms with van der Waals surface area (Å²) in [5.41, 5.74) is 3.38. The van der Waals surface area contributed by atoms with Gasteiger partial charge in [-0.15, -0.1) is 0 Å². The first-order chi connectivity index (χ1) is 9.51. The summed E-state index contributed by atoms with van der Waals surface area (Å²) in [5.74, 6) is 0.929. The monoisotopic (exact) mass is 272 g/mol. The number of nitrogens with one attached hydrogen (secondary N) is 1. The molecule has 2 aliphatic heterocycles. The minimum absolute atomic E-state index is 0.117. The van der Waals surface area contributed by atoms with Gasteiger partial charge >= 0.3 is 0 Å². The molecule has 0 aromatic heterocycles. The molecule has 2 fully saturated rings. The van der Waals surface area contributed by atoms with Crippen molar-refractivity contribution in [3.63, 3.8) is 0 Å². The van der Waals surface area contributed by atoms with E-state index in [0.717, 1.165) is 31.4 Å². The van der Waals surface area contributed by atoms with Gasteiger partial charge in [0.1, 0.15) is 11.9 Å². The number of hydrogen-bond acceptors (Lipinski definition) is 3. The molecule has 0 spiro atoms. The molecule has 20 heavy (non-hydrogen) atoms. The first kappa shape index (κ1) is 13.6. The fourth-order valence-electron chi connectivity index (χ4n) is 3.55. The standard InChI is InChI=1S/C17H22NO2/c1-11-6-15(7-12(2)13(11)3)20-16-8-14-4-5-17(9-16,10-19)18-14/h6-7,14,16,18H,4-5,8-9H2,1-3H3. The van der Waals surface area contributed by atoms with Crippen LogP contribution < -0.4 is 10.1 Å². The molecular weight excluding hydrogens is 250 g/mol. The van der Waals surface area contributed by atoms with Crippen LogP contribution >= 0.6 is 0 Å². The molecule has 1 aromatic rings. The summed E-state index contributed by atoms with van der Waals surface area (Å²) in [6.45, 7) is 6.36. The zero-order chi connectivity index (χ0) is 14.3. The maximum absolute atomic E-state index is 11.2. The SMILES string of the molecule is Cc1cc(OC2CC3CCC([C]=O)(C2)N3)cc(C)c1C. The number of carbonyl (C=O) groups excluding carboxylic acids is 1. The van der Waals surface area contributed by atoms with E-state index in [1.807, 2.05) is 0 Å². The van der Waals surface area contributed by atoms with Gasteiger partial charge in [0.05, 0.1) is 5.54 Å². The number of hydrogen-bond donors (Lipinski definition) is 1. The number of benzene rings is 1. The van der Waals surface area contributed by atoms with Crippen molar-refractivity contribution in [1.82, 2.24) is 5.32 Å². The predicted octanol–water partition coefficient (Wildman–Crippen LogP) is 2.75. The Morgan fingerprint density at radius 1 is 1.30 bits per heavy atom. The molecule has 0 aliphatic carbocycles. The van der Waals surface area contributed by atoms with Gasteiger partial charge in [0.25, 0.3) is 0 Å². The van der Waals surface area contributed by atoms with E-state index < -0.39 is 5.54 Å². The Balaban J connectivity index is 1.77. The van der Waals surface area contributed by atoms with Crippen LogP contribution in [0.4, 0.5) is 0 Å². The Labute approximate surface area is 120 Å². The molecule has 1 aromatic carbocycles. The third-order valence-electron chi connectivity index (χ3n) is 4.92. The van der Waals surface area contributed by atoms with Gasteiger partial charge in [0.15, 0.2) is 0 Å². The van der Waals surface area contributed by atoms with Crippen LogP contribution in [0.1, 0.15) is 42.4 Å². The highest BCUT2D eigenvalue weighted by Crippen LogP contribution is 2.36. The molecule has 3 unspecified atom stereocenters. The molecule has 3 nitrogen and oxygen atoms in total. The van der Waals surface area contributed by atoms with Gasteiger partial charge in [-0.25, -0.2) is 0 Å². The molecule has 3 atom stereocenters. The van der Waals surface area contributed by atoms with Gasteiger partial charge in [-0.3, -0.25) is 4.79 Å². The maximum atomic E-state index is 11.2. The fourth-order valence-corrected chi connectivity index (χ4v) is 3.55. The minimum Gasteiger partial charge on any atom is -0.490 e. The molecule has 0 amide bonds. The second-order valence-corrected chi connectivity index (χ2v) is 6.43. The van der Waals surface area contributed by atoms with Crippen LogP contribution in [0.3, 0.4) is 0 Å². The number of rotatable bonds is 3. The van der Waals surface area contributed by atoms with Crippen molar-refractivity contribution in [2.45, 2.75) is 64.1 Å². The summed E-state index contributed by atoms with van der Waals surface area (Å²) in [6.07, 6.45) is 6.00. The first-order valence-electron chi connectivity index (χ1n) is 7.43. The van der Waals surface area contributed by atoms with Crippen molar-refractivity contribution in [2.75, 3.05) is 0 Å². The number of piperidine rings is 1. The number of aryl methyl sites for hydroxylation is 2. The average molecular weight is 272 g/mol. The summed E-state index contributed by atoms with van der Waals surface area (Å²) in [7, 11) is 0. The Kier molecular flexibility index (Phi) is 3.33. The number of fused-ring (bicyclic) bond motifs is 2. The third-order valence-corrected chi connectivity index (χ3v) is 4.92. The van der Waals surface area contributed by atoms with Crippen LogP contribution in [0, 0.1) is 20.8 Å². The second-order valence-electron chi connectivity index (χ2n) is 6.43. The molecule has 107 valence electrons.